The summed E-state index contributed by atoms with van der Waals surface area (Å²) in [5.74, 6) is -0.459. The van der Waals surface area contributed by atoms with Crippen LogP contribution in [-0.2, 0) is 11.2 Å². The zero-order chi connectivity index (χ0) is 16.7. The zero-order valence-electron chi connectivity index (χ0n) is 13.4. The Balaban J connectivity index is 1.84. The third-order valence-electron chi connectivity index (χ3n) is 4.27. The maximum absolute atomic E-state index is 13.0. The molecule has 23 heavy (non-hydrogen) atoms. The van der Waals surface area contributed by atoms with Crippen LogP contribution in [0.5, 0.6) is 5.75 Å². The SMILES string of the molecule is CCCc1ccc(OC(=O)C2CCC(/C=C(/F)C#N)CC2)cc1. The molecule has 122 valence electrons. The van der Waals surface area contributed by atoms with Gasteiger partial charge in [-0.05, 0) is 61.8 Å². The van der Waals surface area contributed by atoms with Crippen molar-refractivity contribution in [1.29, 1.82) is 5.26 Å². The molecule has 0 unspecified atom stereocenters. The van der Waals surface area contributed by atoms with Gasteiger partial charge in [-0.25, -0.2) is 0 Å². The van der Waals surface area contributed by atoms with E-state index in [2.05, 4.69) is 6.92 Å². The van der Waals surface area contributed by atoms with Crippen LogP contribution >= 0.6 is 0 Å². The fourth-order valence-electron chi connectivity index (χ4n) is 2.98. The molecule has 0 atom stereocenters. The van der Waals surface area contributed by atoms with Crippen LogP contribution < -0.4 is 4.74 Å². The van der Waals surface area contributed by atoms with E-state index in [9.17, 15) is 9.18 Å². The molecule has 0 saturated heterocycles. The minimum absolute atomic E-state index is 0.0482. The van der Waals surface area contributed by atoms with Gasteiger partial charge in [0.25, 0.3) is 0 Å². The molecule has 0 heterocycles. The topological polar surface area (TPSA) is 50.1 Å². The Bertz CT molecular complexity index is 593. The van der Waals surface area contributed by atoms with Crippen molar-refractivity contribution in [3.63, 3.8) is 0 Å². The van der Waals surface area contributed by atoms with E-state index >= 15 is 0 Å². The highest BCUT2D eigenvalue weighted by Gasteiger charge is 2.27. The van der Waals surface area contributed by atoms with E-state index < -0.39 is 5.83 Å². The molecule has 3 nitrogen and oxygen atoms in total. The van der Waals surface area contributed by atoms with Gasteiger partial charge in [0.05, 0.1) is 5.92 Å². The van der Waals surface area contributed by atoms with E-state index in [-0.39, 0.29) is 17.8 Å². The van der Waals surface area contributed by atoms with Gasteiger partial charge in [-0.1, -0.05) is 25.5 Å². The second-order valence-corrected chi connectivity index (χ2v) is 6.05. The molecule has 1 aromatic carbocycles. The predicted octanol–water partition coefficient (Wildman–Crippen LogP) is 4.73. The zero-order valence-corrected chi connectivity index (χ0v) is 13.4. The summed E-state index contributed by atoms with van der Waals surface area (Å²) in [6.45, 7) is 2.13. The molecule has 0 aliphatic heterocycles. The van der Waals surface area contributed by atoms with E-state index in [1.807, 2.05) is 24.3 Å². The lowest BCUT2D eigenvalue weighted by Gasteiger charge is -2.25. The number of nitriles is 1. The van der Waals surface area contributed by atoms with Crippen LogP contribution in [0.25, 0.3) is 0 Å². The van der Waals surface area contributed by atoms with E-state index in [0.717, 1.165) is 12.8 Å². The number of hydrogen-bond acceptors (Lipinski definition) is 3. The first-order valence-corrected chi connectivity index (χ1v) is 8.20. The molecule has 1 fully saturated rings. The van der Waals surface area contributed by atoms with Gasteiger partial charge in [0.2, 0.25) is 0 Å². The molecule has 2 rings (SSSR count). The molecule has 4 heteroatoms. The third-order valence-corrected chi connectivity index (χ3v) is 4.27. The summed E-state index contributed by atoms with van der Waals surface area (Å²) in [5.41, 5.74) is 1.24. The second kappa shape index (κ2) is 8.47. The summed E-state index contributed by atoms with van der Waals surface area (Å²) in [6, 6.07) is 9.13. The van der Waals surface area contributed by atoms with Gasteiger partial charge in [-0.2, -0.15) is 9.65 Å². The van der Waals surface area contributed by atoms with Crippen LogP contribution in [0.2, 0.25) is 0 Å². The lowest BCUT2D eigenvalue weighted by molar-refractivity contribution is -0.140. The molecular formula is C19H22FNO2. The number of carbonyl (C=O) groups is 1. The van der Waals surface area contributed by atoms with Crippen molar-refractivity contribution in [3.05, 3.63) is 41.7 Å². The summed E-state index contributed by atoms with van der Waals surface area (Å²) >= 11 is 0. The Hall–Kier alpha value is -2.15. The molecule has 0 amide bonds. The number of carbonyl (C=O) groups excluding carboxylic acids is 1. The maximum atomic E-state index is 13.0. The normalized spacial score (nSPS) is 21.5. The Labute approximate surface area is 136 Å². The van der Waals surface area contributed by atoms with Crippen molar-refractivity contribution in [3.8, 4) is 11.8 Å². The molecule has 0 N–H and O–H groups in total. The number of halogens is 1. The Morgan fingerprint density at radius 2 is 1.96 bits per heavy atom. The molecule has 0 aromatic heterocycles. The van der Waals surface area contributed by atoms with E-state index in [1.165, 1.54) is 17.7 Å². The number of esters is 1. The lowest BCUT2D eigenvalue weighted by Crippen LogP contribution is -2.25. The van der Waals surface area contributed by atoms with Gasteiger partial charge in [0.1, 0.15) is 11.8 Å². The van der Waals surface area contributed by atoms with Crippen LogP contribution in [0.3, 0.4) is 0 Å². The summed E-state index contributed by atoms with van der Waals surface area (Å²) in [4.78, 5) is 12.2. The highest BCUT2D eigenvalue weighted by atomic mass is 19.1. The molecule has 0 radical (unpaired) electrons. The molecule has 0 bridgehead atoms. The third kappa shape index (κ3) is 5.21. The summed E-state index contributed by atoms with van der Waals surface area (Å²) in [5, 5.41) is 8.46. The molecule has 1 aliphatic rings. The molecule has 0 spiro atoms. The van der Waals surface area contributed by atoms with Crippen LogP contribution in [0, 0.1) is 23.2 Å². The first-order chi connectivity index (χ1) is 11.1. The second-order valence-electron chi connectivity index (χ2n) is 6.05. The number of aryl methyl sites for hydroxylation is 1. The monoisotopic (exact) mass is 315 g/mol. The van der Waals surface area contributed by atoms with Crippen molar-refractivity contribution in [2.75, 3.05) is 0 Å². The number of allylic oxidation sites excluding steroid dienone is 2. The Kier molecular flexibility index (Phi) is 6.34. The van der Waals surface area contributed by atoms with Crippen LogP contribution in [0.15, 0.2) is 36.2 Å². The summed E-state index contributed by atoms with van der Waals surface area (Å²) < 4.78 is 18.4. The van der Waals surface area contributed by atoms with Crippen molar-refractivity contribution in [2.24, 2.45) is 11.8 Å². The highest BCUT2D eigenvalue weighted by Crippen LogP contribution is 2.31. The van der Waals surface area contributed by atoms with Gasteiger partial charge in [0.15, 0.2) is 5.83 Å². The average Bonchev–Trinajstić information content (AvgIpc) is 2.57. The van der Waals surface area contributed by atoms with Crippen molar-refractivity contribution in [1.82, 2.24) is 0 Å². The van der Waals surface area contributed by atoms with Crippen LogP contribution in [-0.4, -0.2) is 5.97 Å². The lowest BCUT2D eigenvalue weighted by atomic mass is 9.82. The van der Waals surface area contributed by atoms with Crippen LogP contribution in [0.1, 0.15) is 44.6 Å². The standard InChI is InChI=1S/C19H22FNO2/c1-2-3-14-6-10-18(11-7-14)23-19(22)16-8-4-15(5-9-16)12-17(20)13-21/h6-7,10-12,15-16H,2-5,8-9H2,1H3/b17-12+. The first kappa shape index (κ1) is 17.2. The number of nitrogens with zero attached hydrogens (tertiary/aromatic N) is 1. The van der Waals surface area contributed by atoms with Crippen molar-refractivity contribution in [2.45, 2.75) is 45.4 Å². The molecule has 1 aliphatic carbocycles. The van der Waals surface area contributed by atoms with Gasteiger partial charge in [-0.15, -0.1) is 0 Å². The first-order valence-electron chi connectivity index (χ1n) is 8.20. The van der Waals surface area contributed by atoms with Crippen molar-refractivity contribution < 1.29 is 13.9 Å². The number of ether oxygens (including phenoxy) is 1. The van der Waals surface area contributed by atoms with Crippen molar-refractivity contribution >= 4 is 5.97 Å². The Morgan fingerprint density at radius 1 is 1.30 bits per heavy atom. The predicted molar refractivity (Wildman–Crippen MR) is 86.3 cm³/mol. The average molecular weight is 315 g/mol. The van der Waals surface area contributed by atoms with Gasteiger partial charge in [0, 0.05) is 0 Å². The van der Waals surface area contributed by atoms with E-state index in [0.29, 0.717) is 31.4 Å². The van der Waals surface area contributed by atoms with Gasteiger partial charge < -0.3 is 4.74 Å². The summed E-state index contributed by atoms with van der Waals surface area (Å²) in [6.07, 6.45) is 6.25. The Morgan fingerprint density at radius 3 is 2.52 bits per heavy atom. The quantitative estimate of drug-likeness (QED) is 0.448. The van der Waals surface area contributed by atoms with Gasteiger partial charge >= 0.3 is 5.97 Å². The minimum atomic E-state index is -0.733. The van der Waals surface area contributed by atoms with Gasteiger partial charge in [-0.3, -0.25) is 4.79 Å². The molecule has 1 saturated carbocycles. The van der Waals surface area contributed by atoms with E-state index in [1.54, 1.807) is 0 Å². The fraction of sp³-hybridized carbons (Fsp3) is 0.474. The molecule has 1 aromatic rings. The number of hydrogen-bond donors (Lipinski definition) is 0. The highest BCUT2D eigenvalue weighted by molar-refractivity contribution is 5.75. The summed E-state index contributed by atoms with van der Waals surface area (Å²) in [7, 11) is 0. The fourth-order valence-corrected chi connectivity index (χ4v) is 2.98. The maximum Gasteiger partial charge on any atom is 0.314 e. The minimum Gasteiger partial charge on any atom is -0.426 e. The number of benzene rings is 1. The van der Waals surface area contributed by atoms with E-state index in [4.69, 9.17) is 10.00 Å². The smallest absolute Gasteiger partial charge is 0.314 e. The number of rotatable bonds is 5. The largest absolute Gasteiger partial charge is 0.426 e. The van der Waals surface area contributed by atoms with Crippen LogP contribution in [0.4, 0.5) is 4.39 Å². The molecular weight excluding hydrogens is 293 g/mol.